The van der Waals surface area contributed by atoms with Crippen LogP contribution in [-0.2, 0) is 11.2 Å². The highest BCUT2D eigenvalue weighted by atomic mass is 79.9. The number of halogens is 1. The molecule has 1 unspecified atom stereocenters. The fourth-order valence-corrected chi connectivity index (χ4v) is 2.46. The summed E-state index contributed by atoms with van der Waals surface area (Å²) >= 11 is 3.45. The van der Waals surface area contributed by atoms with Gasteiger partial charge >= 0.3 is 0 Å². The van der Waals surface area contributed by atoms with Gasteiger partial charge in [-0.3, -0.25) is 0 Å². The summed E-state index contributed by atoms with van der Waals surface area (Å²) in [5, 5.41) is 0. The molecule has 1 aliphatic heterocycles. The Morgan fingerprint density at radius 3 is 3.00 bits per heavy atom. The minimum atomic E-state index is 0.426. The Kier molecular flexibility index (Phi) is 4.34. The summed E-state index contributed by atoms with van der Waals surface area (Å²) < 4.78 is 6.38. The number of morpholine rings is 1. The van der Waals surface area contributed by atoms with Crippen LogP contribution in [0.3, 0.4) is 0 Å². The lowest BCUT2D eigenvalue weighted by Gasteiger charge is -2.36. The van der Waals surface area contributed by atoms with E-state index in [1.807, 2.05) is 6.07 Å². The molecule has 0 spiro atoms. The van der Waals surface area contributed by atoms with Crippen molar-refractivity contribution in [2.24, 2.45) is 0 Å². The molecule has 1 aromatic rings. The third kappa shape index (κ3) is 2.96. The van der Waals surface area contributed by atoms with E-state index in [0.29, 0.717) is 6.04 Å². The van der Waals surface area contributed by atoms with Gasteiger partial charge in [-0.15, -0.1) is 0 Å². The number of hydrogen-bond donors (Lipinski definition) is 0. The molecule has 1 aromatic heterocycles. The predicted octanol–water partition coefficient (Wildman–Crippen LogP) is 2.42. The van der Waals surface area contributed by atoms with Crippen molar-refractivity contribution in [3.63, 3.8) is 0 Å². The smallest absolute Gasteiger partial charge is 0.133 e. The SMILES string of the molecule is CCc1nc(Br)cc(N2CCOCC2CC)n1. The van der Waals surface area contributed by atoms with E-state index < -0.39 is 0 Å². The maximum atomic E-state index is 5.51. The van der Waals surface area contributed by atoms with Gasteiger partial charge in [0.15, 0.2) is 0 Å². The summed E-state index contributed by atoms with van der Waals surface area (Å²) in [4.78, 5) is 11.3. The Hall–Kier alpha value is -0.680. The van der Waals surface area contributed by atoms with E-state index in [0.717, 1.165) is 48.8 Å². The van der Waals surface area contributed by atoms with E-state index >= 15 is 0 Å². The second-order valence-electron chi connectivity index (χ2n) is 4.15. The highest BCUT2D eigenvalue weighted by molar-refractivity contribution is 9.10. The molecule has 0 aliphatic carbocycles. The van der Waals surface area contributed by atoms with Crippen molar-refractivity contribution in [3.8, 4) is 0 Å². The van der Waals surface area contributed by atoms with E-state index in [1.165, 1.54) is 0 Å². The second-order valence-corrected chi connectivity index (χ2v) is 4.96. The molecule has 1 atom stereocenters. The van der Waals surface area contributed by atoms with Gasteiger partial charge in [0.05, 0.1) is 19.3 Å². The molecule has 1 saturated heterocycles. The van der Waals surface area contributed by atoms with Gasteiger partial charge in [-0.25, -0.2) is 9.97 Å². The number of ether oxygens (including phenoxy) is 1. The summed E-state index contributed by atoms with van der Waals surface area (Å²) in [6, 6.07) is 2.42. The van der Waals surface area contributed by atoms with E-state index in [-0.39, 0.29) is 0 Å². The van der Waals surface area contributed by atoms with Crippen molar-refractivity contribution >= 4 is 21.7 Å². The van der Waals surface area contributed by atoms with Crippen LogP contribution >= 0.6 is 15.9 Å². The zero-order valence-corrected chi connectivity index (χ0v) is 11.9. The average molecular weight is 300 g/mol. The van der Waals surface area contributed by atoms with E-state index in [2.05, 4.69) is 44.6 Å². The number of hydrogen-bond acceptors (Lipinski definition) is 4. The molecule has 0 saturated carbocycles. The molecule has 2 rings (SSSR count). The van der Waals surface area contributed by atoms with Gasteiger partial charge in [-0.1, -0.05) is 13.8 Å². The van der Waals surface area contributed by atoms with Crippen molar-refractivity contribution in [3.05, 3.63) is 16.5 Å². The Bertz CT molecular complexity index is 386. The first-order chi connectivity index (χ1) is 8.24. The van der Waals surface area contributed by atoms with Gasteiger partial charge < -0.3 is 9.64 Å². The lowest BCUT2D eigenvalue weighted by Crippen LogP contribution is -2.45. The third-order valence-corrected chi connectivity index (χ3v) is 3.44. The van der Waals surface area contributed by atoms with Crippen LogP contribution in [0.25, 0.3) is 0 Å². The van der Waals surface area contributed by atoms with Crippen molar-refractivity contribution in [2.45, 2.75) is 32.7 Å². The summed E-state index contributed by atoms with van der Waals surface area (Å²) in [7, 11) is 0. The molecule has 1 fully saturated rings. The van der Waals surface area contributed by atoms with Crippen LogP contribution in [0.2, 0.25) is 0 Å². The Labute approximate surface area is 111 Å². The first-order valence-electron chi connectivity index (χ1n) is 6.12. The van der Waals surface area contributed by atoms with Crippen LogP contribution < -0.4 is 4.90 Å². The van der Waals surface area contributed by atoms with Crippen molar-refractivity contribution < 1.29 is 4.74 Å². The number of rotatable bonds is 3. The zero-order chi connectivity index (χ0) is 12.3. The van der Waals surface area contributed by atoms with Gasteiger partial charge in [-0.2, -0.15) is 0 Å². The minimum Gasteiger partial charge on any atom is -0.377 e. The average Bonchev–Trinajstić information content (AvgIpc) is 2.37. The van der Waals surface area contributed by atoms with Crippen molar-refractivity contribution in [1.29, 1.82) is 0 Å². The molecule has 1 aliphatic rings. The summed E-state index contributed by atoms with van der Waals surface area (Å²) in [6.07, 6.45) is 1.93. The van der Waals surface area contributed by atoms with E-state index in [9.17, 15) is 0 Å². The number of aromatic nitrogens is 2. The van der Waals surface area contributed by atoms with Crippen LogP contribution in [0.5, 0.6) is 0 Å². The summed E-state index contributed by atoms with van der Waals surface area (Å²) in [5.74, 6) is 1.90. The quantitative estimate of drug-likeness (QED) is 0.804. The fraction of sp³-hybridized carbons (Fsp3) is 0.667. The molecule has 0 bridgehead atoms. The largest absolute Gasteiger partial charge is 0.377 e. The minimum absolute atomic E-state index is 0.426. The molecule has 94 valence electrons. The van der Waals surface area contributed by atoms with Crippen molar-refractivity contribution in [2.75, 3.05) is 24.7 Å². The topological polar surface area (TPSA) is 38.2 Å². The number of aryl methyl sites for hydroxylation is 1. The molecule has 0 aromatic carbocycles. The zero-order valence-electron chi connectivity index (χ0n) is 10.3. The van der Waals surface area contributed by atoms with E-state index in [1.54, 1.807) is 0 Å². The van der Waals surface area contributed by atoms with Crippen LogP contribution in [-0.4, -0.2) is 35.8 Å². The van der Waals surface area contributed by atoms with Crippen molar-refractivity contribution in [1.82, 2.24) is 9.97 Å². The summed E-state index contributed by atoms with van der Waals surface area (Å²) in [6.45, 7) is 6.73. The molecule has 0 amide bonds. The highest BCUT2D eigenvalue weighted by Crippen LogP contribution is 2.22. The highest BCUT2D eigenvalue weighted by Gasteiger charge is 2.23. The predicted molar refractivity (Wildman–Crippen MR) is 71.4 cm³/mol. The molecular weight excluding hydrogens is 282 g/mol. The standard InChI is InChI=1S/C12H18BrN3O/c1-3-9-8-17-6-5-16(9)12-7-10(13)14-11(4-2)15-12/h7,9H,3-6,8H2,1-2H3. The number of nitrogens with zero attached hydrogens (tertiary/aromatic N) is 3. The Balaban J connectivity index is 2.27. The van der Waals surface area contributed by atoms with Gasteiger partial charge in [0.1, 0.15) is 16.2 Å². The Morgan fingerprint density at radius 2 is 2.29 bits per heavy atom. The molecule has 0 N–H and O–H groups in total. The summed E-state index contributed by atoms with van der Waals surface area (Å²) in [5.41, 5.74) is 0. The second kappa shape index (κ2) is 5.78. The fourth-order valence-electron chi connectivity index (χ4n) is 2.05. The normalized spacial score (nSPS) is 20.6. The maximum absolute atomic E-state index is 5.51. The maximum Gasteiger partial charge on any atom is 0.133 e. The lowest BCUT2D eigenvalue weighted by atomic mass is 10.2. The molecular formula is C12H18BrN3O. The van der Waals surface area contributed by atoms with Crippen LogP contribution in [0, 0.1) is 0 Å². The molecule has 5 heteroatoms. The van der Waals surface area contributed by atoms with Crippen LogP contribution in [0.4, 0.5) is 5.82 Å². The first kappa shape index (κ1) is 12.8. The number of anilines is 1. The van der Waals surface area contributed by atoms with Gasteiger partial charge in [0.2, 0.25) is 0 Å². The lowest BCUT2D eigenvalue weighted by molar-refractivity contribution is 0.0925. The Morgan fingerprint density at radius 1 is 1.47 bits per heavy atom. The first-order valence-corrected chi connectivity index (χ1v) is 6.91. The monoisotopic (exact) mass is 299 g/mol. The van der Waals surface area contributed by atoms with Crippen LogP contribution in [0.1, 0.15) is 26.1 Å². The molecule has 0 radical (unpaired) electrons. The van der Waals surface area contributed by atoms with Crippen LogP contribution in [0.15, 0.2) is 10.7 Å². The van der Waals surface area contributed by atoms with Gasteiger partial charge in [0.25, 0.3) is 0 Å². The third-order valence-electron chi connectivity index (χ3n) is 3.04. The molecule has 2 heterocycles. The molecule has 4 nitrogen and oxygen atoms in total. The molecule has 17 heavy (non-hydrogen) atoms. The van der Waals surface area contributed by atoms with Gasteiger partial charge in [-0.05, 0) is 22.4 Å². The van der Waals surface area contributed by atoms with Gasteiger partial charge in [0, 0.05) is 19.0 Å². The van der Waals surface area contributed by atoms with E-state index in [4.69, 9.17) is 4.74 Å².